The molecule has 2 heterocycles. The second-order valence-corrected chi connectivity index (χ2v) is 5.57. The standard InChI is InChI=1S/C9H15N3O4S/c13-6-7-4-10-12-9(7)17(14,15)11-5-8-2-1-3-16-8/h4,8,11,13H,1-3,5-6H2,(H,10,12). The van der Waals surface area contributed by atoms with E-state index in [2.05, 4.69) is 14.9 Å². The Labute approximate surface area is 99.2 Å². The third-order valence-corrected chi connectivity index (χ3v) is 4.08. The van der Waals surface area contributed by atoms with Crippen molar-refractivity contribution in [3.63, 3.8) is 0 Å². The number of aliphatic hydroxyl groups excluding tert-OH is 1. The molecule has 8 heteroatoms. The number of ether oxygens (including phenoxy) is 1. The minimum Gasteiger partial charge on any atom is -0.392 e. The van der Waals surface area contributed by atoms with E-state index < -0.39 is 10.0 Å². The van der Waals surface area contributed by atoms with E-state index in [4.69, 9.17) is 9.84 Å². The number of H-pyrrole nitrogens is 1. The largest absolute Gasteiger partial charge is 0.392 e. The lowest BCUT2D eigenvalue weighted by molar-refractivity contribution is 0.114. The first-order valence-electron chi connectivity index (χ1n) is 5.38. The number of aliphatic hydroxyl groups is 1. The maximum absolute atomic E-state index is 11.9. The number of hydrogen-bond donors (Lipinski definition) is 3. The van der Waals surface area contributed by atoms with Crippen LogP contribution in [0, 0.1) is 0 Å². The summed E-state index contributed by atoms with van der Waals surface area (Å²) in [4.78, 5) is 0. The Morgan fingerprint density at radius 2 is 2.47 bits per heavy atom. The number of aromatic amines is 1. The van der Waals surface area contributed by atoms with Crippen molar-refractivity contribution in [1.82, 2.24) is 14.9 Å². The molecule has 1 aliphatic rings. The molecule has 1 aromatic heterocycles. The number of nitrogens with one attached hydrogen (secondary N) is 2. The van der Waals surface area contributed by atoms with E-state index in [1.165, 1.54) is 6.20 Å². The van der Waals surface area contributed by atoms with Gasteiger partial charge in [0.15, 0.2) is 5.03 Å². The molecular formula is C9H15N3O4S. The molecule has 1 atom stereocenters. The fraction of sp³-hybridized carbons (Fsp3) is 0.667. The van der Waals surface area contributed by atoms with Gasteiger partial charge in [-0.3, -0.25) is 5.10 Å². The first-order chi connectivity index (χ1) is 8.13. The van der Waals surface area contributed by atoms with Gasteiger partial charge in [0.05, 0.1) is 18.9 Å². The van der Waals surface area contributed by atoms with Crippen molar-refractivity contribution in [3.05, 3.63) is 11.8 Å². The summed E-state index contributed by atoms with van der Waals surface area (Å²) in [6.07, 6.45) is 3.04. The second kappa shape index (κ2) is 5.13. The maximum atomic E-state index is 11.9. The summed E-state index contributed by atoms with van der Waals surface area (Å²) in [5.74, 6) is 0. The molecule has 96 valence electrons. The van der Waals surface area contributed by atoms with E-state index >= 15 is 0 Å². The van der Waals surface area contributed by atoms with Gasteiger partial charge in [-0.15, -0.1) is 0 Å². The van der Waals surface area contributed by atoms with Crippen LogP contribution in [-0.2, 0) is 21.4 Å². The lowest BCUT2D eigenvalue weighted by atomic mass is 10.2. The van der Waals surface area contributed by atoms with Gasteiger partial charge in [0.25, 0.3) is 10.0 Å². The van der Waals surface area contributed by atoms with E-state index in [9.17, 15) is 8.42 Å². The van der Waals surface area contributed by atoms with Crippen LogP contribution >= 0.6 is 0 Å². The van der Waals surface area contributed by atoms with Crippen molar-refractivity contribution in [2.24, 2.45) is 0 Å². The van der Waals surface area contributed by atoms with Gasteiger partial charge in [-0.25, -0.2) is 13.1 Å². The first-order valence-corrected chi connectivity index (χ1v) is 6.86. The quantitative estimate of drug-likeness (QED) is 0.654. The summed E-state index contributed by atoms with van der Waals surface area (Å²) >= 11 is 0. The van der Waals surface area contributed by atoms with E-state index in [-0.39, 0.29) is 29.8 Å². The summed E-state index contributed by atoms with van der Waals surface area (Å²) in [7, 11) is -3.66. The van der Waals surface area contributed by atoms with Crippen molar-refractivity contribution in [3.8, 4) is 0 Å². The van der Waals surface area contributed by atoms with Crippen LogP contribution in [-0.4, -0.2) is 43.0 Å². The van der Waals surface area contributed by atoms with Crippen LogP contribution in [0.5, 0.6) is 0 Å². The number of aromatic nitrogens is 2. The number of rotatable bonds is 5. The van der Waals surface area contributed by atoms with Gasteiger partial charge < -0.3 is 9.84 Å². The Hall–Kier alpha value is -0.960. The molecule has 1 unspecified atom stereocenters. The van der Waals surface area contributed by atoms with E-state index in [0.717, 1.165) is 12.8 Å². The summed E-state index contributed by atoms with van der Waals surface area (Å²) in [6.45, 7) is 0.553. The van der Waals surface area contributed by atoms with Crippen LogP contribution < -0.4 is 4.72 Å². The van der Waals surface area contributed by atoms with Crippen molar-refractivity contribution >= 4 is 10.0 Å². The molecule has 17 heavy (non-hydrogen) atoms. The summed E-state index contributed by atoms with van der Waals surface area (Å²) < 4.78 is 31.5. The lowest BCUT2D eigenvalue weighted by Crippen LogP contribution is -2.32. The van der Waals surface area contributed by atoms with Crippen LogP contribution in [0.25, 0.3) is 0 Å². The van der Waals surface area contributed by atoms with Gasteiger partial charge in [-0.05, 0) is 12.8 Å². The Bertz CT molecular complexity index is 464. The van der Waals surface area contributed by atoms with Gasteiger partial charge in [0.2, 0.25) is 0 Å². The monoisotopic (exact) mass is 261 g/mol. The Morgan fingerprint density at radius 3 is 3.12 bits per heavy atom. The first kappa shape index (κ1) is 12.5. The molecular weight excluding hydrogens is 246 g/mol. The van der Waals surface area contributed by atoms with Gasteiger partial charge in [0.1, 0.15) is 0 Å². The number of sulfonamides is 1. The summed E-state index contributed by atoms with van der Waals surface area (Å²) in [5, 5.41) is 14.9. The van der Waals surface area contributed by atoms with Crippen molar-refractivity contribution in [2.45, 2.75) is 30.6 Å². The summed E-state index contributed by atoms with van der Waals surface area (Å²) in [5.41, 5.74) is 0.254. The molecule has 0 aromatic carbocycles. The van der Waals surface area contributed by atoms with Crippen LogP contribution in [0.1, 0.15) is 18.4 Å². The predicted octanol–water partition coefficient (Wildman–Crippen LogP) is -0.641. The predicted molar refractivity (Wildman–Crippen MR) is 58.7 cm³/mol. The summed E-state index contributed by atoms with van der Waals surface area (Å²) in [6, 6.07) is 0. The maximum Gasteiger partial charge on any atom is 0.257 e. The molecule has 0 amide bonds. The number of nitrogens with zero attached hydrogens (tertiary/aromatic N) is 1. The minimum absolute atomic E-state index is 0.0646. The normalized spacial score (nSPS) is 20.9. The topological polar surface area (TPSA) is 104 Å². The van der Waals surface area contributed by atoms with Gasteiger partial charge >= 0.3 is 0 Å². The van der Waals surface area contributed by atoms with E-state index in [1.807, 2.05) is 0 Å². The third kappa shape index (κ3) is 2.83. The molecule has 1 fully saturated rings. The number of hydrogen-bond acceptors (Lipinski definition) is 5. The lowest BCUT2D eigenvalue weighted by Gasteiger charge is -2.10. The Kier molecular flexibility index (Phi) is 3.77. The van der Waals surface area contributed by atoms with Crippen LogP contribution in [0.3, 0.4) is 0 Å². The molecule has 0 bridgehead atoms. The molecule has 1 saturated heterocycles. The molecule has 0 radical (unpaired) electrons. The van der Waals surface area contributed by atoms with Crippen LogP contribution in [0.15, 0.2) is 11.2 Å². The second-order valence-electron chi connectivity index (χ2n) is 3.87. The highest BCUT2D eigenvalue weighted by Crippen LogP contribution is 2.14. The van der Waals surface area contributed by atoms with Crippen molar-refractivity contribution in [2.75, 3.05) is 13.2 Å². The highest BCUT2D eigenvalue weighted by atomic mass is 32.2. The molecule has 0 spiro atoms. The zero-order valence-electron chi connectivity index (χ0n) is 9.22. The van der Waals surface area contributed by atoms with Crippen LogP contribution in [0.2, 0.25) is 0 Å². The van der Waals surface area contributed by atoms with Crippen molar-refractivity contribution < 1.29 is 18.3 Å². The average Bonchev–Trinajstić information content (AvgIpc) is 2.97. The zero-order valence-corrected chi connectivity index (χ0v) is 10.0. The molecule has 7 nitrogen and oxygen atoms in total. The van der Waals surface area contributed by atoms with Gasteiger partial charge in [-0.1, -0.05) is 0 Å². The SMILES string of the molecule is O=S(=O)(NCC1CCCO1)c1[nH]ncc1CO. The van der Waals surface area contributed by atoms with E-state index in [1.54, 1.807) is 0 Å². The molecule has 0 aliphatic carbocycles. The van der Waals surface area contributed by atoms with Gasteiger partial charge in [0, 0.05) is 18.7 Å². The van der Waals surface area contributed by atoms with Gasteiger partial charge in [-0.2, -0.15) is 5.10 Å². The van der Waals surface area contributed by atoms with E-state index in [0.29, 0.717) is 6.61 Å². The zero-order chi connectivity index (χ0) is 12.3. The minimum atomic E-state index is -3.66. The highest BCUT2D eigenvalue weighted by molar-refractivity contribution is 7.89. The van der Waals surface area contributed by atoms with Crippen molar-refractivity contribution in [1.29, 1.82) is 0 Å². The Morgan fingerprint density at radius 1 is 1.65 bits per heavy atom. The third-order valence-electron chi connectivity index (χ3n) is 2.64. The Balaban J connectivity index is 2.03. The fourth-order valence-electron chi connectivity index (χ4n) is 1.72. The smallest absolute Gasteiger partial charge is 0.257 e. The highest BCUT2D eigenvalue weighted by Gasteiger charge is 2.23. The average molecular weight is 261 g/mol. The molecule has 3 N–H and O–H groups in total. The molecule has 1 aliphatic heterocycles. The molecule has 0 saturated carbocycles. The molecule has 1 aromatic rings. The fourth-order valence-corrected chi connectivity index (χ4v) is 2.91. The van der Waals surface area contributed by atoms with Crippen LogP contribution in [0.4, 0.5) is 0 Å². The molecule has 2 rings (SSSR count).